The summed E-state index contributed by atoms with van der Waals surface area (Å²) < 4.78 is 1.78. The first kappa shape index (κ1) is 17.4. The molecule has 26 heavy (non-hydrogen) atoms. The third kappa shape index (κ3) is 4.04. The van der Waals surface area contributed by atoms with Crippen LogP contribution in [0.15, 0.2) is 40.9 Å². The number of hydrogen-bond donors (Lipinski definition) is 0. The smallest absolute Gasteiger partial charge is 0.209 e. The van der Waals surface area contributed by atoms with E-state index < -0.39 is 0 Å². The lowest BCUT2D eigenvalue weighted by Gasteiger charge is -2.16. The van der Waals surface area contributed by atoms with Crippen molar-refractivity contribution in [3.63, 3.8) is 0 Å². The Balaban J connectivity index is 1.37. The van der Waals surface area contributed by atoms with E-state index >= 15 is 0 Å². The van der Waals surface area contributed by atoms with Crippen LogP contribution in [0.25, 0.3) is 0 Å². The molecule has 1 aliphatic rings. The number of hydrogen-bond acceptors (Lipinski definition) is 6. The molecule has 2 heterocycles. The minimum Gasteiger partial charge on any atom is -0.293 e. The molecule has 0 N–H and O–H groups in total. The molecule has 0 spiro atoms. The maximum atomic E-state index is 12.6. The van der Waals surface area contributed by atoms with Gasteiger partial charge in [-0.3, -0.25) is 4.79 Å². The summed E-state index contributed by atoms with van der Waals surface area (Å²) in [5.74, 6) is 0.495. The zero-order valence-electron chi connectivity index (χ0n) is 14.4. The van der Waals surface area contributed by atoms with Gasteiger partial charge in [-0.1, -0.05) is 30.0 Å². The second-order valence-corrected chi connectivity index (χ2v) is 8.39. The summed E-state index contributed by atoms with van der Waals surface area (Å²) in [6.45, 7) is 0.725. The summed E-state index contributed by atoms with van der Waals surface area (Å²) in [7, 11) is 0. The molecule has 0 fully saturated rings. The van der Waals surface area contributed by atoms with Gasteiger partial charge in [0.25, 0.3) is 0 Å². The Bertz CT molecular complexity index is 889. The minimum atomic E-state index is 0.135. The number of tetrazole rings is 1. The fourth-order valence-corrected chi connectivity index (χ4v) is 4.73. The molecular formula is C19H20N4OS2. The monoisotopic (exact) mass is 384 g/mol. The highest BCUT2D eigenvalue weighted by Crippen LogP contribution is 2.24. The zero-order valence-corrected chi connectivity index (χ0v) is 16.1. The van der Waals surface area contributed by atoms with Crippen molar-refractivity contribution in [2.75, 3.05) is 5.75 Å². The fraction of sp³-hybridized carbons (Fsp3) is 0.368. The number of ketones is 1. The summed E-state index contributed by atoms with van der Waals surface area (Å²) in [6, 6.07) is 10.3. The Morgan fingerprint density at radius 2 is 2.08 bits per heavy atom. The number of aromatic nitrogens is 4. The van der Waals surface area contributed by atoms with Crippen LogP contribution in [0, 0.1) is 0 Å². The number of Topliss-reactive ketones (excluding diaryl/α,β-unsaturated/α-hetero) is 1. The van der Waals surface area contributed by atoms with Crippen LogP contribution in [-0.2, 0) is 25.8 Å². The maximum Gasteiger partial charge on any atom is 0.209 e. The summed E-state index contributed by atoms with van der Waals surface area (Å²) >= 11 is 3.15. The van der Waals surface area contributed by atoms with Gasteiger partial charge >= 0.3 is 0 Å². The molecule has 0 aliphatic heterocycles. The maximum absolute atomic E-state index is 12.6. The largest absolute Gasteiger partial charge is 0.293 e. The van der Waals surface area contributed by atoms with E-state index in [0.29, 0.717) is 10.9 Å². The predicted molar refractivity (Wildman–Crippen MR) is 104 cm³/mol. The first-order chi connectivity index (χ1) is 12.8. The number of fused-ring (bicyclic) bond motifs is 1. The van der Waals surface area contributed by atoms with Crippen molar-refractivity contribution in [3.05, 3.63) is 57.3 Å². The lowest BCUT2D eigenvalue weighted by atomic mass is 9.90. The highest BCUT2D eigenvalue weighted by atomic mass is 32.2. The third-order valence-corrected chi connectivity index (χ3v) is 6.55. The van der Waals surface area contributed by atoms with Gasteiger partial charge in [0.05, 0.1) is 12.3 Å². The SMILES string of the molecule is O=C(CSc1nnnn1CCc1cccs1)c1ccc2c(c1)CCCC2. The summed E-state index contributed by atoms with van der Waals surface area (Å²) in [5.41, 5.74) is 3.54. The first-order valence-corrected chi connectivity index (χ1v) is 10.7. The van der Waals surface area contributed by atoms with Crippen molar-refractivity contribution in [3.8, 4) is 0 Å². The van der Waals surface area contributed by atoms with E-state index in [1.165, 1.54) is 40.6 Å². The van der Waals surface area contributed by atoms with Crippen LogP contribution < -0.4 is 0 Å². The number of aryl methyl sites for hydroxylation is 4. The topological polar surface area (TPSA) is 60.7 Å². The number of carbonyl (C=O) groups excluding carboxylic acids is 1. The highest BCUT2D eigenvalue weighted by molar-refractivity contribution is 7.99. The van der Waals surface area contributed by atoms with Crippen molar-refractivity contribution in [1.29, 1.82) is 0 Å². The first-order valence-electron chi connectivity index (χ1n) is 8.86. The molecule has 0 saturated carbocycles. The Morgan fingerprint density at radius 1 is 1.19 bits per heavy atom. The lowest BCUT2D eigenvalue weighted by molar-refractivity contribution is 0.102. The fourth-order valence-electron chi connectivity index (χ4n) is 3.23. The Hall–Kier alpha value is -1.99. The van der Waals surface area contributed by atoms with Crippen molar-refractivity contribution >= 4 is 28.9 Å². The molecule has 0 unspecified atom stereocenters. The zero-order chi connectivity index (χ0) is 17.8. The standard InChI is InChI=1S/C19H20N4OS2/c24-18(16-8-7-14-4-1-2-5-15(14)12-16)13-26-19-20-21-22-23(19)10-9-17-6-3-11-25-17/h3,6-8,11-12H,1-2,4-5,9-10,13H2. The van der Waals surface area contributed by atoms with Gasteiger partial charge in [0.2, 0.25) is 5.16 Å². The molecule has 0 atom stereocenters. The minimum absolute atomic E-state index is 0.135. The van der Waals surface area contributed by atoms with Gasteiger partial charge < -0.3 is 0 Å². The van der Waals surface area contributed by atoms with E-state index in [0.717, 1.165) is 31.4 Å². The van der Waals surface area contributed by atoms with E-state index in [-0.39, 0.29) is 5.78 Å². The number of rotatable bonds is 7. The van der Waals surface area contributed by atoms with Crippen molar-refractivity contribution in [2.45, 2.75) is 43.8 Å². The molecule has 0 amide bonds. The van der Waals surface area contributed by atoms with Crippen LogP contribution in [-0.4, -0.2) is 31.7 Å². The van der Waals surface area contributed by atoms with Gasteiger partial charge in [-0.15, -0.1) is 16.4 Å². The Morgan fingerprint density at radius 3 is 2.92 bits per heavy atom. The number of carbonyl (C=O) groups is 1. The Kier molecular flexibility index (Phi) is 5.45. The molecule has 0 radical (unpaired) electrons. The summed E-state index contributed by atoms with van der Waals surface area (Å²) in [5, 5.41) is 14.7. The van der Waals surface area contributed by atoms with Crippen LogP contribution in [0.3, 0.4) is 0 Å². The van der Waals surface area contributed by atoms with Crippen LogP contribution in [0.2, 0.25) is 0 Å². The van der Waals surface area contributed by atoms with Crippen LogP contribution in [0.4, 0.5) is 0 Å². The van der Waals surface area contributed by atoms with Crippen LogP contribution in [0.1, 0.15) is 39.2 Å². The second-order valence-electron chi connectivity index (χ2n) is 6.42. The molecule has 5 nitrogen and oxygen atoms in total. The summed E-state index contributed by atoms with van der Waals surface area (Å²) in [6.07, 6.45) is 5.60. The normalized spacial score (nSPS) is 13.5. The quantitative estimate of drug-likeness (QED) is 0.458. The van der Waals surface area contributed by atoms with Crippen molar-refractivity contribution < 1.29 is 4.79 Å². The lowest BCUT2D eigenvalue weighted by Crippen LogP contribution is -2.09. The van der Waals surface area contributed by atoms with E-state index in [4.69, 9.17) is 0 Å². The van der Waals surface area contributed by atoms with Gasteiger partial charge in [-0.25, -0.2) is 4.68 Å². The van der Waals surface area contributed by atoms with Gasteiger partial charge in [-0.05, 0) is 64.7 Å². The third-order valence-electron chi connectivity index (χ3n) is 4.65. The molecule has 2 aromatic heterocycles. The second kappa shape index (κ2) is 8.14. The molecule has 134 valence electrons. The van der Waals surface area contributed by atoms with Gasteiger partial charge in [0.15, 0.2) is 5.78 Å². The molecule has 3 aromatic rings. The Labute approximate surface area is 160 Å². The van der Waals surface area contributed by atoms with Crippen molar-refractivity contribution in [1.82, 2.24) is 20.2 Å². The van der Waals surface area contributed by atoms with Crippen LogP contribution in [0.5, 0.6) is 0 Å². The van der Waals surface area contributed by atoms with E-state index in [1.807, 2.05) is 12.1 Å². The molecule has 7 heteroatoms. The van der Waals surface area contributed by atoms with Crippen LogP contribution >= 0.6 is 23.1 Å². The molecule has 0 bridgehead atoms. The van der Waals surface area contributed by atoms with Gasteiger partial charge in [-0.2, -0.15) is 0 Å². The number of thiophene rings is 1. The molecular weight excluding hydrogens is 364 g/mol. The number of nitrogens with zero attached hydrogens (tertiary/aromatic N) is 4. The number of benzene rings is 1. The molecule has 1 aromatic carbocycles. The average Bonchev–Trinajstić information content (AvgIpc) is 3.35. The predicted octanol–water partition coefficient (Wildman–Crippen LogP) is 3.83. The van der Waals surface area contributed by atoms with E-state index in [2.05, 4.69) is 39.1 Å². The van der Waals surface area contributed by atoms with E-state index in [1.54, 1.807) is 16.0 Å². The number of thioether (sulfide) groups is 1. The molecule has 1 aliphatic carbocycles. The van der Waals surface area contributed by atoms with Gasteiger partial charge in [0, 0.05) is 16.9 Å². The molecule has 0 saturated heterocycles. The van der Waals surface area contributed by atoms with Crippen molar-refractivity contribution in [2.24, 2.45) is 0 Å². The van der Waals surface area contributed by atoms with E-state index in [9.17, 15) is 4.79 Å². The molecule has 4 rings (SSSR count). The summed E-state index contributed by atoms with van der Waals surface area (Å²) in [4.78, 5) is 13.9. The van der Waals surface area contributed by atoms with Gasteiger partial charge in [0.1, 0.15) is 0 Å². The highest BCUT2D eigenvalue weighted by Gasteiger charge is 2.15. The average molecular weight is 385 g/mol.